The second-order valence-electron chi connectivity index (χ2n) is 27.6. The number of nitrogens with zero attached hydrogens (tertiary/aromatic N) is 7. The molecule has 0 amide bonds. The van der Waals surface area contributed by atoms with Gasteiger partial charge >= 0.3 is 17.9 Å². The van der Waals surface area contributed by atoms with Gasteiger partial charge < -0.3 is 48.5 Å². The van der Waals surface area contributed by atoms with Gasteiger partial charge in [-0.3, -0.25) is 0 Å². The predicted octanol–water partition coefficient (Wildman–Crippen LogP) is 19.0. The SMILES string of the molecule is CCCCN(CCCC)c1ccc(C2(c3ccc(N(CCCC)CCCC)cc3)OC(=O)c3ccccc32)cc1.CCN(CC)c1ccc2c(c1)C(=O)OC2(c1ccc(N(C)C)cc1)c1ccc(N(C)C)cc1.CN(C)c1ccc(C2(c3ccc(N(C)C)cc3)OC(=O)c3cc(Cl)ccc32)cc1. The van der Waals surface area contributed by atoms with Crippen LogP contribution in [0.25, 0.3) is 0 Å². The molecule has 3 aliphatic heterocycles. The number of anilines is 7. The number of hydrogen-bond donors (Lipinski definition) is 0. The van der Waals surface area contributed by atoms with Crippen LogP contribution in [0.2, 0.25) is 5.02 Å². The number of carbonyl (C=O) groups excluding carboxylic acids is 3. The Labute approximate surface area is 612 Å². The molecule has 534 valence electrons. The number of benzene rings is 9. The lowest BCUT2D eigenvalue weighted by Crippen LogP contribution is -2.30. The summed E-state index contributed by atoms with van der Waals surface area (Å²) in [5, 5.41) is 0.516. The molecule has 0 bridgehead atoms. The van der Waals surface area contributed by atoms with E-state index in [2.05, 4.69) is 175 Å². The molecule has 0 atom stereocenters. The van der Waals surface area contributed by atoms with E-state index in [4.69, 9.17) is 25.8 Å². The first-order valence-electron chi connectivity index (χ1n) is 36.5. The summed E-state index contributed by atoms with van der Waals surface area (Å²) in [7, 11) is 16.1. The van der Waals surface area contributed by atoms with Crippen molar-refractivity contribution in [1.29, 1.82) is 0 Å². The Bertz CT molecular complexity index is 4080. The van der Waals surface area contributed by atoms with Crippen LogP contribution in [-0.2, 0) is 31.0 Å². The molecule has 0 spiro atoms. The fraction of sp³-hybridized carbons (Fsp3) is 0.352. The van der Waals surface area contributed by atoms with Gasteiger partial charge in [-0.15, -0.1) is 0 Å². The molecule has 13 nitrogen and oxygen atoms in total. The highest BCUT2D eigenvalue weighted by molar-refractivity contribution is 6.31. The molecule has 9 aromatic rings. The van der Waals surface area contributed by atoms with Crippen LogP contribution in [0, 0.1) is 0 Å². The van der Waals surface area contributed by atoms with Crippen LogP contribution in [0.15, 0.2) is 206 Å². The molecule has 0 unspecified atom stereocenters. The molecular weight excluding hydrogens is 1290 g/mol. The summed E-state index contributed by atoms with van der Waals surface area (Å²) in [6, 6.07) is 69.7. The second-order valence-corrected chi connectivity index (χ2v) is 28.0. The van der Waals surface area contributed by atoms with E-state index in [1.165, 1.54) is 62.7 Å². The van der Waals surface area contributed by atoms with Crippen molar-refractivity contribution in [3.8, 4) is 0 Å². The van der Waals surface area contributed by atoms with E-state index < -0.39 is 16.8 Å². The Morgan fingerprint density at radius 3 is 0.863 bits per heavy atom. The predicted molar refractivity (Wildman–Crippen MR) is 424 cm³/mol. The van der Waals surface area contributed by atoms with E-state index in [1.54, 1.807) is 12.1 Å². The first-order valence-corrected chi connectivity index (χ1v) is 36.9. The van der Waals surface area contributed by atoms with E-state index in [0.717, 1.165) is 118 Å². The van der Waals surface area contributed by atoms with Crippen molar-refractivity contribution in [3.63, 3.8) is 0 Å². The van der Waals surface area contributed by atoms with Crippen molar-refractivity contribution in [2.45, 2.75) is 110 Å². The second kappa shape index (κ2) is 33.4. The minimum Gasteiger partial charge on any atom is -0.441 e. The minimum absolute atomic E-state index is 0.260. The van der Waals surface area contributed by atoms with Crippen molar-refractivity contribution in [1.82, 2.24) is 0 Å². The Kier molecular flexibility index (Phi) is 24.5. The molecule has 0 saturated carbocycles. The van der Waals surface area contributed by atoms with Gasteiger partial charge in [-0.25, -0.2) is 14.4 Å². The third-order valence-electron chi connectivity index (χ3n) is 20.1. The quantitative estimate of drug-likeness (QED) is 0.0361. The molecule has 0 saturated heterocycles. The first-order chi connectivity index (χ1) is 49.2. The van der Waals surface area contributed by atoms with Crippen LogP contribution in [0.5, 0.6) is 0 Å². The molecule has 0 N–H and O–H groups in total. The largest absolute Gasteiger partial charge is 0.441 e. The first kappa shape index (κ1) is 75.0. The zero-order valence-corrected chi connectivity index (χ0v) is 63.2. The van der Waals surface area contributed by atoms with Gasteiger partial charge in [0.1, 0.15) is 0 Å². The highest BCUT2D eigenvalue weighted by Gasteiger charge is 2.51. The van der Waals surface area contributed by atoms with Crippen molar-refractivity contribution in [2.75, 3.05) is 130 Å². The number of unbranched alkanes of at least 4 members (excludes halogenated alkanes) is 4. The van der Waals surface area contributed by atoms with Gasteiger partial charge in [0.25, 0.3) is 0 Å². The Morgan fingerprint density at radius 1 is 0.294 bits per heavy atom. The number of hydrogen-bond acceptors (Lipinski definition) is 13. The summed E-state index contributed by atoms with van der Waals surface area (Å²) in [5.74, 6) is -0.910. The third kappa shape index (κ3) is 15.4. The molecule has 0 aromatic heterocycles. The lowest BCUT2D eigenvalue weighted by molar-refractivity contribution is 0.0242. The van der Waals surface area contributed by atoms with Crippen LogP contribution in [0.1, 0.15) is 174 Å². The molecular formula is C88H104ClN7O6. The smallest absolute Gasteiger partial charge is 0.340 e. The van der Waals surface area contributed by atoms with Gasteiger partial charge in [0.2, 0.25) is 0 Å². The maximum Gasteiger partial charge on any atom is 0.340 e. The minimum atomic E-state index is -1.01. The zero-order chi connectivity index (χ0) is 72.9. The summed E-state index contributed by atoms with van der Waals surface area (Å²) >= 11 is 6.17. The van der Waals surface area contributed by atoms with Gasteiger partial charge in [-0.1, -0.05) is 168 Å². The molecule has 12 rings (SSSR count). The lowest BCUT2D eigenvalue weighted by atomic mass is 9.79. The van der Waals surface area contributed by atoms with Gasteiger partial charge in [0, 0.05) is 191 Å². The molecule has 3 aliphatic rings. The van der Waals surface area contributed by atoms with E-state index in [0.29, 0.717) is 21.7 Å². The van der Waals surface area contributed by atoms with Crippen molar-refractivity contribution >= 4 is 69.3 Å². The lowest BCUT2D eigenvalue weighted by Gasteiger charge is -2.32. The molecule has 0 aliphatic carbocycles. The molecule has 14 heteroatoms. The number of ether oxygens (including phenoxy) is 3. The maximum absolute atomic E-state index is 13.3. The highest BCUT2D eigenvalue weighted by atomic mass is 35.5. The number of carbonyl (C=O) groups is 3. The van der Waals surface area contributed by atoms with E-state index >= 15 is 0 Å². The van der Waals surface area contributed by atoms with Gasteiger partial charge in [-0.2, -0.15) is 0 Å². The highest BCUT2D eigenvalue weighted by Crippen LogP contribution is 2.51. The maximum atomic E-state index is 13.3. The summed E-state index contributed by atoms with van der Waals surface area (Å²) in [6.45, 7) is 19.2. The molecule has 102 heavy (non-hydrogen) atoms. The summed E-state index contributed by atoms with van der Waals surface area (Å²) in [4.78, 5) is 54.7. The number of fused-ring (bicyclic) bond motifs is 3. The number of rotatable bonds is 27. The van der Waals surface area contributed by atoms with Gasteiger partial charge in [0.15, 0.2) is 16.8 Å². The fourth-order valence-electron chi connectivity index (χ4n) is 14.2. The number of halogens is 1. The number of cyclic esters (lactones) is 3. The normalized spacial score (nSPS) is 13.9. The van der Waals surface area contributed by atoms with Crippen LogP contribution in [-0.4, -0.2) is 114 Å². The fourth-order valence-corrected chi connectivity index (χ4v) is 14.4. The van der Waals surface area contributed by atoms with Crippen molar-refractivity contribution in [3.05, 3.63) is 278 Å². The van der Waals surface area contributed by atoms with Crippen molar-refractivity contribution in [2.24, 2.45) is 0 Å². The average molecular weight is 1390 g/mol. The number of esters is 3. The third-order valence-corrected chi connectivity index (χ3v) is 20.4. The van der Waals surface area contributed by atoms with E-state index in [9.17, 15) is 14.4 Å². The zero-order valence-electron chi connectivity index (χ0n) is 62.5. The monoisotopic (exact) mass is 1390 g/mol. The van der Waals surface area contributed by atoms with Crippen LogP contribution in [0.3, 0.4) is 0 Å². The van der Waals surface area contributed by atoms with E-state index in [-0.39, 0.29) is 17.9 Å². The molecule has 0 fully saturated rings. The van der Waals surface area contributed by atoms with Crippen molar-refractivity contribution < 1.29 is 28.6 Å². The van der Waals surface area contributed by atoms with Crippen LogP contribution in [0.4, 0.5) is 39.8 Å². The Morgan fingerprint density at radius 2 is 0.559 bits per heavy atom. The average Bonchev–Trinajstić information content (AvgIpc) is 1.57. The molecule has 3 heterocycles. The van der Waals surface area contributed by atoms with Gasteiger partial charge in [-0.05, 0) is 143 Å². The Hall–Kier alpha value is -9.72. The van der Waals surface area contributed by atoms with Gasteiger partial charge in [0.05, 0.1) is 16.7 Å². The summed E-state index contributed by atoms with van der Waals surface area (Å²) in [5.41, 5.74) is 15.0. The van der Waals surface area contributed by atoms with E-state index in [1.807, 2.05) is 151 Å². The Balaban J connectivity index is 0.000000167. The molecule has 0 radical (unpaired) electrons. The standard InChI is InChI=1S/C36H48N2O2.C28H33N3O2.C24H23ClN2O2/c1-5-9-25-37(26-10-6-2)31-21-17-29(18-22-31)36(34-16-14-13-15-33(34)35(39)40-36)30-19-23-32(24-20-30)38(27-11-7-3)28-12-8-4;1-7-31(8-2)24-17-18-26-25(19-24)27(32)33-28(26,20-9-13-22(14-10-20)29(3)4)21-11-15-23(16-12-21)30(5)6;1-26(2)19-10-5-16(6-11-19)24(17-7-12-20(13-8-17)27(3)4)22-14-9-18(25)15-21(22)23(28)29-24/h13-24H,5-12,25-28H2,1-4H3;9-19H,7-8H2,1-6H3;5-15H,1-4H3. The topological polar surface area (TPSA) is 102 Å². The summed E-state index contributed by atoms with van der Waals surface area (Å²) in [6.07, 6.45) is 9.45. The summed E-state index contributed by atoms with van der Waals surface area (Å²) < 4.78 is 18.8. The molecule has 9 aromatic carbocycles. The van der Waals surface area contributed by atoms with Crippen LogP contribution < -0.4 is 34.3 Å². The van der Waals surface area contributed by atoms with Crippen LogP contribution >= 0.6 is 11.6 Å².